The van der Waals surface area contributed by atoms with E-state index in [1.807, 2.05) is 0 Å². The first-order valence-corrected chi connectivity index (χ1v) is 5.21. The molecule has 0 aromatic heterocycles. The van der Waals surface area contributed by atoms with Gasteiger partial charge in [0.05, 0.1) is 0 Å². The Bertz CT molecular complexity index is 143. The fourth-order valence-electron chi connectivity index (χ4n) is 2.51. The van der Waals surface area contributed by atoms with E-state index >= 15 is 0 Å². The van der Waals surface area contributed by atoms with E-state index in [1.54, 1.807) is 0 Å². The van der Waals surface area contributed by atoms with Crippen LogP contribution in [0.3, 0.4) is 0 Å². The first kappa shape index (κ1) is 8.52. The Morgan fingerprint density at radius 1 is 1.17 bits per heavy atom. The zero-order valence-corrected chi connectivity index (χ0v) is 7.96. The normalized spacial score (nSPS) is 34.2. The van der Waals surface area contributed by atoms with Crippen molar-refractivity contribution in [2.24, 2.45) is 0 Å². The predicted octanol–water partition coefficient (Wildman–Crippen LogP) is 1.65. The van der Waals surface area contributed by atoms with Crippen LogP contribution in [-0.2, 0) is 4.74 Å². The van der Waals surface area contributed by atoms with Gasteiger partial charge in [0.1, 0.15) is 0 Å². The van der Waals surface area contributed by atoms with Crippen LogP contribution >= 0.6 is 0 Å². The largest absolute Gasteiger partial charge is 0.381 e. The van der Waals surface area contributed by atoms with Crippen molar-refractivity contribution in [3.8, 4) is 0 Å². The molecule has 2 aliphatic rings. The number of rotatable bonds is 1. The fourth-order valence-corrected chi connectivity index (χ4v) is 2.51. The third-order valence-corrected chi connectivity index (χ3v) is 3.26. The maximum Gasteiger partial charge on any atom is 0.0480 e. The smallest absolute Gasteiger partial charge is 0.0480 e. The molecule has 0 saturated carbocycles. The maximum absolute atomic E-state index is 5.37. The van der Waals surface area contributed by atoms with Crippen molar-refractivity contribution in [3.63, 3.8) is 0 Å². The van der Waals surface area contributed by atoms with Gasteiger partial charge in [0.25, 0.3) is 0 Å². The van der Waals surface area contributed by atoms with Crippen molar-refractivity contribution in [2.75, 3.05) is 19.8 Å². The van der Waals surface area contributed by atoms with Gasteiger partial charge in [-0.1, -0.05) is 0 Å². The van der Waals surface area contributed by atoms with Gasteiger partial charge in [-0.3, -0.25) is 4.90 Å². The SMILES string of the molecule is CC1CCCN1C1CCOCC1. The van der Waals surface area contributed by atoms with Gasteiger partial charge in [-0.15, -0.1) is 0 Å². The second-order valence-corrected chi connectivity index (χ2v) is 4.07. The fraction of sp³-hybridized carbons (Fsp3) is 1.00. The van der Waals surface area contributed by atoms with Crippen LogP contribution in [0.15, 0.2) is 0 Å². The number of likely N-dealkylation sites (tertiary alicyclic amines) is 1. The lowest BCUT2D eigenvalue weighted by atomic mass is 10.1. The summed E-state index contributed by atoms with van der Waals surface area (Å²) in [6.07, 6.45) is 5.31. The van der Waals surface area contributed by atoms with Crippen molar-refractivity contribution < 1.29 is 4.74 Å². The van der Waals surface area contributed by atoms with E-state index in [9.17, 15) is 0 Å². The maximum atomic E-state index is 5.37. The minimum absolute atomic E-state index is 0.827. The highest BCUT2D eigenvalue weighted by Gasteiger charge is 2.28. The highest BCUT2D eigenvalue weighted by molar-refractivity contribution is 4.83. The quantitative estimate of drug-likeness (QED) is 0.592. The van der Waals surface area contributed by atoms with Gasteiger partial charge in [0.15, 0.2) is 0 Å². The highest BCUT2D eigenvalue weighted by atomic mass is 16.5. The molecule has 1 unspecified atom stereocenters. The van der Waals surface area contributed by atoms with E-state index in [2.05, 4.69) is 11.8 Å². The number of hydrogen-bond donors (Lipinski definition) is 0. The summed E-state index contributed by atoms with van der Waals surface area (Å²) in [4.78, 5) is 2.68. The molecule has 0 aliphatic carbocycles. The summed E-state index contributed by atoms with van der Waals surface area (Å²) in [5, 5.41) is 0. The molecule has 0 aromatic carbocycles. The number of hydrogen-bond acceptors (Lipinski definition) is 2. The average Bonchev–Trinajstić information content (AvgIpc) is 2.53. The molecule has 1 atom stereocenters. The number of nitrogens with zero attached hydrogens (tertiary/aromatic N) is 1. The van der Waals surface area contributed by atoms with E-state index in [0.29, 0.717) is 0 Å². The van der Waals surface area contributed by atoms with Crippen LogP contribution in [-0.4, -0.2) is 36.7 Å². The van der Waals surface area contributed by atoms with Gasteiger partial charge in [-0.05, 0) is 39.2 Å². The average molecular weight is 169 g/mol. The molecular formula is C10H19NO. The zero-order valence-electron chi connectivity index (χ0n) is 7.96. The highest BCUT2D eigenvalue weighted by Crippen LogP contribution is 2.24. The molecule has 0 spiro atoms. The van der Waals surface area contributed by atoms with Crippen molar-refractivity contribution >= 4 is 0 Å². The monoisotopic (exact) mass is 169 g/mol. The molecule has 70 valence electrons. The van der Waals surface area contributed by atoms with Crippen molar-refractivity contribution in [1.82, 2.24) is 4.90 Å². The molecule has 0 radical (unpaired) electrons. The number of ether oxygens (including phenoxy) is 1. The van der Waals surface area contributed by atoms with E-state index in [-0.39, 0.29) is 0 Å². The first-order valence-electron chi connectivity index (χ1n) is 5.21. The standard InChI is InChI=1S/C10H19NO/c1-9-3-2-6-11(9)10-4-7-12-8-5-10/h9-10H,2-8H2,1H3. The minimum Gasteiger partial charge on any atom is -0.381 e. The van der Waals surface area contributed by atoms with Crippen LogP contribution in [0, 0.1) is 0 Å². The molecular weight excluding hydrogens is 150 g/mol. The second-order valence-electron chi connectivity index (χ2n) is 4.07. The summed E-state index contributed by atoms with van der Waals surface area (Å²) < 4.78 is 5.37. The van der Waals surface area contributed by atoms with Gasteiger partial charge < -0.3 is 4.74 Å². The van der Waals surface area contributed by atoms with Crippen LogP contribution < -0.4 is 0 Å². The molecule has 0 bridgehead atoms. The predicted molar refractivity (Wildman–Crippen MR) is 49.2 cm³/mol. The molecule has 2 rings (SSSR count). The van der Waals surface area contributed by atoms with Gasteiger partial charge in [0, 0.05) is 25.3 Å². The molecule has 2 aliphatic heterocycles. The van der Waals surface area contributed by atoms with Crippen molar-refractivity contribution in [2.45, 2.75) is 44.7 Å². The Labute approximate surface area is 74.9 Å². The Morgan fingerprint density at radius 2 is 1.92 bits per heavy atom. The molecule has 0 amide bonds. The topological polar surface area (TPSA) is 12.5 Å². The summed E-state index contributed by atoms with van der Waals surface area (Å²) in [6.45, 7) is 5.65. The molecule has 2 nitrogen and oxygen atoms in total. The molecule has 2 heterocycles. The lowest BCUT2D eigenvalue weighted by Gasteiger charge is -2.33. The van der Waals surface area contributed by atoms with Crippen molar-refractivity contribution in [1.29, 1.82) is 0 Å². The third kappa shape index (κ3) is 1.64. The Morgan fingerprint density at radius 3 is 2.50 bits per heavy atom. The summed E-state index contributed by atoms with van der Waals surface area (Å²) in [7, 11) is 0. The van der Waals surface area contributed by atoms with Gasteiger partial charge in [-0.25, -0.2) is 0 Å². The second kappa shape index (κ2) is 3.75. The van der Waals surface area contributed by atoms with Gasteiger partial charge in [-0.2, -0.15) is 0 Å². The van der Waals surface area contributed by atoms with Gasteiger partial charge in [0.2, 0.25) is 0 Å². The summed E-state index contributed by atoms with van der Waals surface area (Å²) in [5.74, 6) is 0. The van der Waals surface area contributed by atoms with Crippen LogP contribution in [0.1, 0.15) is 32.6 Å². The van der Waals surface area contributed by atoms with Crippen LogP contribution in [0.4, 0.5) is 0 Å². The molecule has 0 N–H and O–H groups in total. The molecule has 2 saturated heterocycles. The lowest BCUT2D eigenvalue weighted by molar-refractivity contribution is 0.0318. The molecule has 2 heteroatoms. The Hall–Kier alpha value is -0.0800. The van der Waals surface area contributed by atoms with Crippen molar-refractivity contribution in [3.05, 3.63) is 0 Å². The van der Waals surface area contributed by atoms with Gasteiger partial charge >= 0.3 is 0 Å². The Kier molecular flexibility index (Phi) is 2.66. The van der Waals surface area contributed by atoms with Crippen LogP contribution in [0.25, 0.3) is 0 Å². The zero-order chi connectivity index (χ0) is 8.39. The first-order chi connectivity index (χ1) is 5.88. The van der Waals surface area contributed by atoms with E-state index in [0.717, 1.165) is 25.3 Å². The minimum atomic E-state index is 0.827. The van der Waals surface area contributed by atoms with Crippen LogP contribution in [0.2, 0.25) is 0 Å². The summed E-state index contributed by atoms with van der Waals surface area (Å²) in [6, 6.07) is 1.66. The molecule has 0 aromatic rings. The lowest BCUT2D eigenvalue weighted by Crippen LogP contribution is -2.41. The molecule has 12 heavy (non-hydrogen) atoms. The van der Waals surface area contributed by atoms with E-state index in [4.69, 9.17) is 4.74 Å². The summed E-state index contributed by atoms with van der Waals surface area (Å²) >= 11 is 0. The van der Waals surface area contributed by atoms with E-state index < -0.39 is 0 Å². The van der Waals surface area contributed by atoms with Crippen LogP contribution in [0.5, 0.6) is 0 Å². The van der Waals surface area contributed by atoms with E-state index in [1.165, 1.54) is 32.2 Å². The third-order valence-electron chi connectivity index (χ3n) is 3.26. The molecule has 2 fully saturated rings. The Balaban J connectivity index is 1.89. The summed E-state index contributed by atoms with van der Waals surface area (Å²) in [5.41, 5.74) is 0.